The summed E-state index contributed by atoms with van der Waals surface area (Å²) >= 11 is 0. The lowest BCUT2D eigenvalue weighted by Crippen LogP contribution is -2.66. The molecule has 0 rings (SSSR count). The third-order valence-corrected chi connectivity index (χ3v) is 4.32. The Morgan fingerprint density at radius 3 is 1.17 bits per heavy atom. The highest BCUT2D eigenvalue weighted by atomic mass is 19.4. The van der Waals surface area contributed by atoms with Gasteiger partial charge in [-0.05, 0) is 6.42 Å². The van der Waals surface area contributed by atoms with Crippen molar-refractivity contribution in [2.24, 2.45) is 5.92 Å². The zero-order valence-electron chi connectivity index (χ0n) is 17.3. The molecule has 0 aliphatic carbocycles. The van der Waals surface area contributed by atoms with Gasteiger partial charge in [-0.3, -0.25) is 4.79 Å². The molecule has 0 bridgehead atoms. The summed E-state index contributed by atoms with van der Waals surface area (Å²) in [6.07, 6.45) is -39.5. The molecule has 0 fully saturated rings. The van der Waals surface area contributed by atoms with Crippen molar-refractivity contribution in [3.63, 3.8) is 0 Å². The summed E-state index contributed by atoms with van der Waals surface area (Å²) < 4.78 is 232. The van der Waals surface area contributed by atoms with E-state index in [0.29, 0.717) is 0 Å². The molecule has 0 aliphatic rings. The first-order valence-electron chi connectivity index (χ1n) is 8.88. The van der Waals surface area contributed by atoms with Crippen LogP contribution in [0.15, 0.2) is 11.3 Å². The summed E-state index contributed by atoms with van der Waals surface area (Å²) in [7, 11) is 0. The smallest absolute Gasteiger partial charge is 0.449 e. The molecule has 0 aromatic rings. The van der Waals surface area contributed by atoms with E-state index in [1.165, 1.54) is 6.92 Å². The Kier molecular flexibility index (Phi) is 9.67. The normalized spacial score (nSPS) is 15.4. The topological polar surface area (TPSA) is 35.5 Å². The molecule has 20 heteroatoms. The summed E-state index contributed by atoms with van der Waals surface area (Å²) in [4.78, 5) is 11.4. The van der Waals surface area contributed by atoms with Crippen LogP contribution in [0.4, 0.5) is 74.6 Å². The number of allylic oxidation sites excluding steroid dienone is 2. The van der Waals surface area contributed by atoms with Crippen LogP contribution < -0.4 is 0 Å². The SMILES string of the molecule is CCC(C)C(=O)OCCOC(=C(C(F)(C(F)(F)F)C(F)(F)F)C(F)(C(F)(F)F)C(F)(F)F)C(F)(F)F. The quantitative estimate of drug-likeness (QED) is 0.134. The van der Waals surface area contributed by atoms with Crippen molar-refractivity contribution in [3.8, 4) is 0 Å². The Hall–Kier alpha value is -2.18. The van der Waals surface area contributed by atoms with Crippen molar-refractivity contribution in [3.05, 3.63) is 11.3 Å². The molecule has 0 N–H and O–H groups in total. The van der Waals surface area contributed by atoms with E-state index in [1.807, 2.05) is 0 Å². The van der Waals surface area contributed by atoms with E-state index >= 15 is 0 Å². The predicted octanol–water partition coefficient (Wildman–Crippen LogP) is 7.07. The third kappa shape index (κ3) is 6.38. The van der Waals surface area contributed by atoms with Gasteiger partial charge in [-0.25, -0.2) is 8.78 Å². The molecule has 0 saturated carbocycles. The lowest BCUT2D eigenvalue weighted by Gasteiger charge is -2.41. The first kappa shape index (κ1) is 33.8. The Bertz CT molecular complexity index is 729. The fourth-order valence-corrected chi connectivity index (χ4v) is 2.33. The Morgan fingerprint density at radius 1 is 0.611 bits per heavy atom. The number of carbonyl (C=O) groups excluding carboxylic acids is 1. The molecule has 1 unspecified atom stereocenters. The highest BCUT2D eigenvalue weighted by molar-refractivity contribution is 5.71. The highest BCUT2D eigenvalue weighted by Gasteiger charge is 2.87. The van der Waals surface area contributed by atoms with E-state index in [4.69, 9.17) is 0 Å². The summed E-state index contributed by atoms with van der Waals surface area (Å²) in [6.45, 7) is -1.29. The molecule has 0 radical (unpaired) electrons. The summed E-state index contributed by atoms with van der Waals surface area (Å²) in [5.74, 6) is -6.91. The fraction of sp³-hybridized carbons (Fsp3) is 0.812. The second-order valence-electron chi connectivity index (χ2n) is 6.84. The third-order valence-electron chi connectivity index (χ3n) is 4.32. The maximum absolute atomic E-state index is 14.4. The molecular formula is C16H13F17O3. The molecule has 0 aromatic carbocycles. The molecule has 0 amide bonds. The maximum atomic E-state index is 14.4. The minimum Gasteiger partial charge on any atom is -0.485 e. The molecule has 0 aromatic heterocycles. The van der Waals surface area contributed by atoms with Crippen LogP contribution in [0.5, 0.6) is 0 Å². The van der Waals surface area contributed by atoms with Crippen LogP contribution in [0.1, 0.15) is 20.3 Å². The van der Waals surface area contributed by atoms with Gasteiger partial charge in [-0.15, -0.1) is 0 Å². The average Bonchev–Trinajstić information content (AvgIpc) is 2.63. The predicted molar refractivity (Wildman–Crippen MR) is 81.3 cm³/mol. The van der Waals surface area contributed by atoms with E-state index in [-0.39, 0.29) is 6.42 Å². The van der Waals surface area contributed by atoms with Crippen molar-refractivity contribution in [2.45, 2.75) is 62.5 Å². The lowest BCUT2D eigenvalue weighted by atomic mass is 9.79. The van der Waals surface area contributed by atoms with Gasteiger partial charge >= 0.3 is 48.2 Å². The maximum Gasteiger partial charge on any atom is 0.449 e. The zero-order chi connectivity index (χ0) is 29.3. The number of esters is 1. The van der Waals surface area contributed by atoms with Gasteiger partial charge in [0, 0.05) is 0 Å². The van der Waals surface area contributed by atoms with Crippen molar-refractivity contribution in [2.75, 3.05) is 13.2 Å². The van der Waals surface area contributed by atoms with Gasteiger partial charge in [0.15, 0.2) is 0 Å². The second kappa shape index (κ2) is 10.3. The molecule has 214 valence electrons. The lowest BCUT2D eigenvalue weighted by molar-refractivity contribution is -0.366. The number of carbonyl (C=O) groups is 1. The number of alkyl halides is 17. The number of hydrogen-bond donors (Lipinski definition) is 0. The Morgan fingerprint density at radius 2 is 0.917 bits per heavy atom. The van der Waals surface area contributed by atoms with E-state index < -0.39 is 78.7 Å². The minimum absolute atomic E-state index is 0.000611. The van der Waals surface area contributed by atoms with Crippen LogP contribution >= 0.6 is 0 Å². The average molecular weight is 576 g/mol. The van der Waals surface area contributed by atoms with Gasteiger partial charge in [-0.1, -0.05) is 13.8 Å². The molecule has 3 nitrogen and oxygen atoms in total. The largest absolute Gasteiger partial charge is 0.485 e. The number of halogens is 17. The molecule has 36 heavy (non-hydrogen) atoms. The number of hydrogen-bond acceptors (Lipinski definition) is 3. The first-order chi connectivity index (χ1) is 15.6. The van der Waals surface area contributed by atoms with Crippen LogP contribution in [-0.4, -0.2) is 61.4 Å². The summed E-state index contributed by atoms with van der Waals surface area (Å²) in [5, 5.41) is 0. The summed E-state index contributed by atoms with van der Waals surface area (Å²) in [6, 6.07) is 0. The van der Waals surface area contributed by atoms with Crippen molar-refractivity contribution in [1.29, 1.82) is 0 Å². The van der Waals surface area contributed by atoms with Gasteiger partial charge in [0.1, 0.15) is 13.2 Å². The molecule has 0 saturated heterocycles. The van der Waals surface area contributed by atoms with Crippen LogP contribution in [0, 0.1) is 5.92 Å². The molecule has 1 atom stereocenters. The fourth-order valence-electron chi connectivity index (χ4n) is 2.33. The Balaban J connectivity index is 7.52. The van der Waals surface area contributed by atoms with Crippen LogP contribution in [-0.2, 0) is 14.3 Å². The zero-order valence-corrected chi connectivity index (χ0v) is 17.3. The highest BCUT2D eigenvalue weighted by Crippen LogP contribution is 2.62. The van der Waals surface area contributed by atoms with Crippen molar-refractivity contribution in [1.82, 2.24) is 0 Å². The molecule has 0 aliphatic heterocycles. The molecular weight excluding hydrogens is 563 g/mol. The van der Waals surface area contributed by atoms with E-state index in [9.17, 15) is 79.4 Å². The standard InChI is InChI=1S/C16H13F17O3/c1-3-6(2)9(34)36-5-4-35-8(12(19,20)21)7(10(17,13(22,23)24)14(25,26)27)11(18,15(28,29)30)16(31,32)33/h6H,3-5H2,1-2H3. The van der Waals surface area contributed by atoms with E-state index in [2.05, 4.69) is 9.47 Å². The van der Waals surface area contributed by atoms with E-state index in [0.717, 1.165) is 6.92 Å². The van der Waals surface area contributed by atoms with Gasteiger partial charge < -0.3 is 9.47 Å². The first-order valence-corrected chi connectivity index (χ1v) is 8.88. The Labute approximate surface area is 189 Å². The molecule has 0 spiro atoms. The van der Waals surface area contributed by atoms with Crippen molar-refractivity contribution >= 4 is 5.97 Å². The van der Waals surface area contributed by atoms with Crippen LogP contribution in [0.3, 0.4) is 0 Å². The van der Waals surface area contributed by atoms with Crippen molar-refractivity contribution < 1.29 is 88.9 Å². The summed E-state index contributed by atoms with van der Waals surface area (Å²) in [5.41, 5.74) is -22.0. The number of rotatable bonds is 8. The number of ether oxygens (including phenoxy) is 2. The van der Waals surface area contributed by atoms with E-state index in [1.54, 1.807) is 0 Å². The van der Waals surface area contributed by atoms with Crippen LogP contribution in [0.25, 0.3) is 0 Å². The van der Waals surface area contributed by atoms with Crippen LogP contribution in [0.2, 0.25) is 0 Å². The molecule has 0 heterocycles. The van der Waals surface area contributed by atoms with Gasteiger partial charge in [0.2, 0.25) is 5.76 Å². The second-order valence-corrected chi connectivity index (χ2v) is 6.84. The van der Waals surface area contributed by atoms with Gasteiger partial charge in [0.05, 0.1) is 11.5 Å². The van der Waals surface area contributed by atoms with Gasteiger partial charge in [0.25, 0.3) is 0 Å². The van der Waals surface area contributed by atoms with Gasteiger partial charge in [-0.2, -0.15) is 65.9 Å². The monoisotopic (exact) mass is 576 g/mol. The minimum atomic E-state index is -8.24.